The second kappa shape index (κ2) is 7.91. The van der Waals surface area contributed by atoms with Crippen LogP contribution in [0.25, 0.3) is 22.3 Å². The van der Waals surface area contributed by atoms with Crippen LogP contribution in [0.2, 0.25) is 0 Å². The quantitative estimate of drug-likeness (QED) is 0.503. The van der Waals surface area contributed by atoms with Gasteiger partial charge >= 0.3 is 0 Å². The molecule has 33 heavy (non-hydrogen) atoms. The Morgan fingerprint density at radius 3 is 2.70 bits per heavy atom. The standard InChI is InChI=1S/C24H24N6O3/c1-32-18-6-4-16-12-20(26-19(16)13-18)24(31)30-10-8-29(9-11-30)21-7-5-17(14-25-21)22-27-23(33-28-22)15-2-3-15/h4-7,12-15,26H,2-3,8-11H2,1H3. The van der Waals surface area contributed by atoms with Gasteiger partial charge in [0.05, 0.1) is 7.11 Å². The molecule has 0 atom stereocenters. The molecule has 9 nitrogen and oxygen atoms in total. The van der Waals surface area contributed by atoms with E-state index in [2.05, 4.69) is 25.0 Å². The summed E-state index contributed by atoms with van der Waals surface area (Å²) < 4.78 is 10.6. The molecule has 4 aromatic rings. The summed E-state index contributed by atoms with van der Waals surface area (Å²) >= 11 is 0. The van der Waals surface area contributed by atoms with Crippen molar-refractivity contribution in [1.29, 1.82) is 0 Å². The van der Waals surface area contributed by atoms with Gasteiger partial charge in [0.1, 0.15) is 17.3 Å². The Kier molecular flexibility index (Phi) is 4.74. The van der Waals surface area contributed by atoms with Gasteiger partial charge in [-0.05, 0) is 43.2 Å². The highest BCUT2D eigenvalue weighted by Gasteiger charge is 2.30. The van der Waals surface area contributed by atoms with E-state index in [9.17, 15) is 4.79 Å². The Hall–Kier alpha value is -3.88. The minimum Gasteiger partial charge on any atom is -0.497 e. The number of nitrogens with one attached hydrogen (secondary N) is 1. The second-order valence-electron chi connectivity index (χ2n) is 8.55. The molecule has 1 amide bonds. The van der Waals surface area contributed by atoms with Gasteiger partial charge in [0.2, 0.25) is 11.7 Å². The van der Waals surface area contributed by atoms with E-state index in [0.717, 1.165) is 59.9 Å². The number of aromatic nitrogens is 4. The molecule has 9 heteroatoms. The van der Waals surface area contributed by atoms with Crippen LogP contribution in [0, 0.1) is 0 Å². The number of anilines is 1. The maximum atomic E-state index is 13.0. The number of carbonyl (C=O) groups is 1. The number of methoxy groups -OCH3 is 1. The molecule has 6 rings (SSSR count). The lowest BCUT2D eigenvalue weighted by molar-refractivity contribution is 0.0741. The third-order valence-electron chi connectivity index (χ3n) is 6.33. The van der Waals surface area contributed by atoms with Crippen molar-refractivity contribution >= 4 is 22.6 Å². The van der Waals surface area contributed by atoms with Crippen LogP contribution in [-0.2, 0) is 0 Å². The normalized spacial score (nSPS) is 16.4. The molecule has 1 aromatic carbocycles. The molecule has 0 radical (unpaired) electrons. The van der Waals surface area contributed by atoms with Crippen LogP contribution in [0.1, 0.15) is 35.1 Å². The Balaban J connectivity index is 1.10. The number of amides is 1. The summed E-state index contributed by atoms with van der Waals surface area (Å²) in [5, 5.41) is 5.07. The molecule has 0 unspecified atom stereocenters. The van der Waals surface area contributed by atoms with Crippen LogP contribution < -0.4 is 9.64 Å². The molecule has 0 spiro atoms. The van der Waals surface area contributed by atoms with Gasteiger partial charge in [-0.3, -0.25) is 4.79 Å². The van der Waals surface area contributed by atoms with Crippen molar-refractivity contribution in [3.63, 3.8) is 0 Å². The lowest BCUT2D eigenvalue weighted by Gasteiger charge is -2.35. The molecular weight excluding hydrogens is 420 g/mol. The summed E-state index contributed by atoms with van der Waals surface area (Å²) in [5.74, 6) is 3.40. The van der Waals surface area contributed by atoms with Crippen molar-refractivity contribution in [1.82, 2.24) is 25.0 Å². The number of fused-ring (bicyclic) bond motifs is 1. The summed E-state index contributed by atoms with van der Waals surface area (Å²) in [6, 6.07) is 11.6. The predicted molar refractivity (Wildman–Crippen MR) is 122 cm³/mol. The SMILES string of the molecule is COc1ccc2cc(C(=O)N3CCN(c4ccc(-c5noc(C6CC6)n5)cn4)CC3)[nH]c2c1. The second-order valence-corrected chi connectivity index (χ2v) is 8.55. The van der Waals surface area contributed by atoms with Gasteiger partial charge in [-0.25, -0.2) is 4.98 Å². The van der Waals surface area contributed by atoms with Crippen LogP contribution in [0.5, 0.6) is 5.75 Å². The maximum Gasteiger partial charge on any atom is 0.270 e. The van der Waals surface area contributed by atoms with Gasteiger partial charge in [0, 0.05) is 60.8 Å². The van der Waals surface area contributed by atoms with Crippen molar-refractivity contribution in [2.24, 2.45) is 0 Å². The number of hydrogen-bond donors (Lipinski definition) is 1. The lowest BCUT2D eigenvalue weighted by Crippen LogP contribution is -2.49. The van der Waals surface area contributed by atoms with Gasteiger partial charge in [0.25, 0.3) is 5.91 Å². The van der Waals surface area contributed by atoms with E-state index < -0.39 is 0 Å². The summed E-state index contributed by atoms with van der Waals surface area (Å²) in [5.41, 5.74) is 2.34. The Bertz CT molecular complexity index is 1300. The fourth-order valence-corrected chi connectivity index (χ4v) is 4.21. The van der Waals surface area contributed by atoms with E-state index in [1.807, 2.05) is 41.3 Å². The zero-order valence-electron chi connectivity index (χ0n) is 18.3. The number of ether oxygens (including phenoxy) is 1. The van der Waals surface area contributed by atoms with Crippen LogP contribution in [0.15, 0.2) is 47.1 Å². The molecule has 1 N–H and O–H groups in total. The van der Waals surface area contributed by atoms with Gasteiger partial charge in [0.15, 0.2) is 0 Å². The first-order valence-electron chi connectivity index (χ1n) is 11.2. The zero-order valence-corrected chi connectivity index (χ0v) is 18.3. The summed E-state index contributed by atoms with van der Waals surface area (Å²) in [4.78, 5) is 29.4. The Labute approximate surface area is 190 Å². The zero-order chi connectivity index (χ0) is 22.4. The third-order valence-corrected chi connectivity index (χ3v) is 6.33. The fraction of sp³-hybridized carbons (Fsp3) is 0.333. The number of rotatable bonds is 5. The Morgan fingerprint density at radius 1 is 1.12 bits per heavy atom. The molecular formula is C24H24N6O3. The van der Waals surface area contributed by atoms with E-state index in [-0.39, 0.29) is 5.91 Å². The van der Waals surface area contributed by atoms with Crippen molar-refractivity contribution < 1.29 is 14.1 Å². The highest BCUT2D eigenvalue weighted by atomic mass is 16.5. The average molecular weight is 444 g/mol. The average Bonchev–Trinajstić information content (AvgIpc) is 3.44. The van der Waals surface area contributed by atoms with Gasteiger partial charge in [-0.15, -0.1) is 0 Å². The number of carbonyl (C=O) groups excluding carboxylic acids is 1. The van der Waals surface area contributed by atoms with Gasteiger partial charge < -0.3 is 24.0 Å². The van der Waals surface area contributed by atoms with E-state index in [4.69, 9.17) is 9.26 Å². The van der Waals surface area contributed by atoms with Crippen molar-refractivity contribution in [2.75, 3.05) is 38.2 Å². The molecule has 2 fully saturated rings. The summed E-state index contributed by atoms with van der Waals surface area (Å²) in [6.07, 6.45) is 4.04. The maximum absolute atomic E-state index is 13.0. The number of pyridine rings is 1. The van der Waals surface area contributed by atoms with Crippen LogP contribution >= 0.6 is 0 Å². The molecule has 1 saturated heterocycles. The first-order chi connectivity index (χ1) is 16.2. The summed E-state index contributed by atoms with van der Waals surface area (Å²) in [6.45, 7) is 2.72. The largest absolute Gasteiger partial charge is 0.497 e. The number of piperazine rings is 1. The van der Waals surface area contributed by atoms with E-state index >= 15 is 0 Å². The minimum atomic E-state index is 0.0108. The molecule has 1 aliphatic heterocycles. The molecule has 0 bridgehead atoms. The van der Waals surface area contributed by atoms with Crippen LogP contribution in [0.3, 0.4) is 0 Å². The minimum absolute atomic E-state index is 0.0108. The van der Waals surface area contributed by atoms with E-state index in [1.54, 1.807) is 13.3 Å². The topological polar surface area (TPSA) is 100 Å². The monoisotopic (exact) mass is 444 g/mol. The molecule has 3 aromatic heterocycles. The molecule has 4 heterocycles. The van der Waals surface area contributed by atoms with Gasteiger partial charge in [-0.2, -0.15) is 4.98 Å². The van der Waals surface area contributed by atoms with E-state index in [0.29, 0.717) is 30.5 Å². The first-order valence-corrected chi connectivity index (χ1v) is 11.2. The third kappa shape index (κ3) is 3.79. The highest BCUT2D eigenvalue weighted by molar-refractivity contribution is 5.98. The number of nitrogens with zero attached hydrogens (tertiary/aromatic N) is 5. The molecule has 1 aliphatic carbocycles. The van der Waals surface area contributed by atoms with Crippen LogP contribution in [-0.4, -0.2) is 64.2 Å². The smallest absolute Gasteiger partial charge is 0.270 e. The first kappa shape index (κ1) is 19.8. The molecule has 168 valence electrons. The number of benzene rings is 1. The van der Waals surface area contributed by atoms with Gasteiger partial charge in [-0.1, -0.05) is 5.16 Å². The fourth-order valence-electron chi connectivity index (χ4n) is 4.21. The highest BCUT2D eigenvalue weighted by Crippen LogP contribution is 2.39. The van der Waals surface area contributed by atoms with E-state index in [1.165, 1.54) is 0 Å². The van der Waals surface area contributed by atoms with Crippen LogP contribution in [0.4, 0.5) is 5.82 Å². The predicted octanol–water partition coefficient (Wildman–Crippen LogP) is 3.46. The molecule has 1 saturated carbocycles. The number of aromatic amines is 1. The Morgan fingerprint density at radius 2 is 1.97 bits per heavy atom. The van der Waals surface area contributed by atoms with Crippen molar-refractivity contribution in [3.05, 3.63) is 54.2 Å². The number of H-pyrrole nitrogens is 1. The lowest BCUT2D eigenvalue weighted by atomic mass is 10.2. The number of hydrogen-bond acceptors (Lipinski definition) is 7. The van der Waals surface area contributed by atoms with Crippen molar-refractivity contribution in [3.8, 4) is 17.1 Å². The molecule has 2 aliphatic rings. The summed E-state index contributed by atoms with van der Waals surface area (Å²) in [7, 11) is 1.63. The van der Waals surface area contributed by atoms with Crippen molar-refractivity contribution in [2.45, 2.75) is 18.8 Å².